The van der Waals surface area contributed by atoms with Crippen LogP contribution in [0.3, 0.4) is 0 Å². The van der Waals surface area contributed by atoms with Crippen molar-refractivity contribution in [3.8, 4) is 11.3 Å². The summed E-state index contributed by atoms with van der Waals surface area (Å²) in [6.07, 6.45) is 12.3. The van der Waals surface area contributed by atoms with Gasteiger partial charge in [0, 0.05) is 17.3 Å². The van der Waals surface area contributed by atoms with Crippen LogP contribution in [0.5, 0.6) is 0 Å². The number of hydrogen-bond acceptors (Lipinski definition) is 2. The minimum atomic E-state index is -0.0929. The first kappa shape index (κ1) is 18.9. The zero-order valence-corrected chi connectivity index (χ0v) is 16.3. The molecule has 0 fully saturated rings. The summed E-state index contributed by atoms with van der Waals surface area (Å²) < 4.78 is 1.95. The molecule has 0 atom stereocenters. The van der Waals surface area contributed by atoms with Crippen LogP contribution in [0, 0.1) is 0 Å². The molecule has 26 heavy (non-hydrogen) atoms. The molecule has 1 aliphatic carbocycles. The van der Waals surface area contributed by atoms with E-state index in [-0.39, 0.29) is 11.7 Å². The van der Waals surface area contributed by atoms with Gasteiger partial charge in [0.25, 0.3) is 0 Å². The lowest BCUT2D eigenvalue weighted by molar-refractivity contribution is 0.505. The molecule has 0 amide bonds. The molecule has 1 aliphatic rings. The Labute approximate surface area is 157 Å². The average Bonchev–Trinajstić information content (AvgIpc) is 2.62. The third-order valence-electron chi connectivity index (χ3n) is 5.49. The first-order chi connectivity index (χ1) is 12.7. The van der Waals surface area contributed by atoms with Gasteiger partial charge in [-0.1, -0.05) is 68.9 Å². The summed E-state index contributed by atoms with van der Waals surface area (Å²) in [6.45, 7) is 4.20. The Bertz CT molecular complexity index is 762. The highest BCUT2D eigenvalue weighted by Gasteiger charge is 2.19. The Balaban J connectivity index is 2.12. The van der Waals surface area contributed by atoms with Crippen molar-refractivity contribution in [1.29, 1.82) is 0 Å². The number of nitrogens with zero attached hydrogens (tertiary/aromatic N) is 2. The van der Waals surface area contributed by atoms with Crippen LogP contribution in [0.1, 0.15) is 82.5 Å². The predicted octanol–water partition coefficient (Wildman–Crippen LogP) is 5.71. The van der Waals surface area contributed by atoms with Gasteiger partial charge in [-0.15, -0.1) is 0 Å². The maximum absolute atomic E-state index is 12.9. The van der Waals surface area contributed by atoms with Gasteiger partial charge in [0.2, 0.25) is 0 Å². The number of benzene rings is 1. The van der Waals surface area contributed by atoms with Gasteiger partial charge in [0.15, 0.2) is 0 Å². The van der Waals surface area contributed by atoms with Crippen molar-refractivity contribution in [2.24, 2.45) is 0 Å². The summed E-state index contributed by atoms with van der Waals surface area (Å²) in [6, 6.07) is 10.4. The standard InChI is InChI=1S/C23H32N2O/c1-18(2)25-21-17-13-8-6-4-3-5-7-12-16-20(21)22(24-23(25)26)19-14-10-9-11-15-19/h9-11,14-15,18H,3-8,12-13,16-17H2,1-2H3. The highest BCUT2D eigenvalue weighted by atomic mass is 16.1. The molecule has 1 heterocycles. The van der Waals surface area contributed by atoms with Crippen LogP contribution < -0.4 is 5.69 Å². The SMILES string of the molecule is CC(C)n1c2c(c(-c3ccccc3)nc1=O)CCCCCCCCCC2. The molecule has 0 bridgehead atoms. The molecule has 1 aromatic carbocycles. The minimum Gasteiger partial charge on any atom is -0.293 e. The van der Waals surface area contributed by atoms with Crippen LogP contribution in [0.4, 0.5) is 0 Å². The monoisotopic (exact) mass is 352 g/mol. The highest BCUT2D eigenvalue weighted by molar-refractivity contribution is 5.63. The number of fused-ring (bicyclic) bond motifs is 1. The molecule has 3 rings (SSSR count). The van der Waals surface area contributed by atoms with E-state index < -0.39 is 0 Å². The number of hydrogen-bond donors (Lipinski definition) is 0. The summed E-state index contributed by atoms with van der Waals surface area (Å²) in [5.41, 5.74) is 4.44. The van der Waals surface area contributed by atoms with Crippen molar-refractivity contribution in [2.75, 3.05) is 0 Å². The van der Waals surface area contributed by atoms with Crippen molar-refractivity contribution in [3.05, 3.63) is 52.1 Å². The van der Waals surface area contributed by atoms with Crippen molar-refractivity contribution < 1.29 is 0 Å². The second-order valence-electron chi connectivity index (χ2n) is 7.83. The first-order valence-electron chi connectivity index (χ1n) is 10.4. The van der Waals surface area contributed by atoms with Gasteiger partial charge in [-0.05, 0) is 45.1 Å². The second-order valence-corrected chi connectivity index (χ2v) is 7.83. The molecule has 2 aromatic rings. The van der Waals surface area contributed by atoms with Crippen LogP contribution in [0.15, 0.2) is 35.1 Å². The fraction of sp³-hybridized carbons (Fsp3) is 0.565. The van der Waals surface area contributed by atoms with Crippen molar-refractivity contribution in [2.45, 2.75) is 84.1 Å². The Kier molecular flexibility index (Phi) is 6.65. The van der Waals surface area contributed by atoms with E-state index in [4.69, 9.17) is 0 Å². The molecule has 0 radical (unpaired) electrons. The lowest BCUT2D eigenvalue weighted by atomic mass is 9.94. The second kappa shape index (κ2) is 9.16. The van der Waals surface area contributed by atoms with Crippen molar-refractivity contribution >= 4 is 0 Å². The molecular weight excluding hydrogens is 320 g/mol. The Morgan fingerprint density at radius 1 is 0.846 bits per heavy atom. The van der Waals surface area contributed by atoms with E-state index in [0.717, 1.165) is 30.5 Å². The van der Waals surface area contributed by atoms with Gasteiger partial charge < -0.3 is 0 Å². The molecule has 3 heteroatoms. The van der Waals surface area contributed by atoms with Gasteiger partial charge in [-0.2, -0.15) is 4.98 Å². The molecule has 3 nitrogen and oxygen atoms in total. The summed E-state index contributed by atoms with van der Waals surface area (Å²) in [5, 5.41) is 0. The average molecular weight is 353 g/mol. The first-order valence-corrected chi connectivity index (χ1v) is 10.4. The summed E-state index contributed by atoms with van der Waals surface area (Å²) in [7, 11) is 0. The highest BCUT2D eigenvalue weighted by Crippen LogP contribution is 2.28. The van der Waals surface area contributed by atoms with Gasteiger partial charge in [0.1, 0.15) is 0 Å². The number of rotatable bonds is 2. The zero-order valence-electron chi connectivity index (χ0n) is 16.3. The van der Waals surface area contributed by atoms with E-state index in [1.54, 1.807) is 0 Å². The quantitative estimate of drug-likeness (QED) is 0.694. The summed E-state index contributed by atoms with van der Waals surface area (Å²) >= 11 is 0. The maximum Gasteiger partial charge on any atom is 0.348 e. The third-order valence-corrected chi connectivity index (χ3v) is 5.49. The van der Waals surface area contributed by atoms with Gasteiger partial charge in [-0.25, -0.2) is 4.79 Å². The Morgan fingerprint density at radius 2 is 1.42 bits per heavy atom. The Morgan fingerprint density at radius 3 is 2.04 bits per heavy atom. The molecule has 0 aliphatic heterocycles. The normalized spacial score (nSPS) is 16.6. The van der Waals surface area contributed by atoms with Crippen LogP contribution >= 0.6 is 0 Å². The predicted molar refractivity (Wildman–Crippen MR) is 109 cm³/mol. The molecule has 0 spiro atoms. The van der Waals surface area contributed by atoms with Gasteiger partial charge in [-0.3, -0.25) is 4.57 Å². The molecule has 0 unspecified atom stereocenters. The molecular formula is C23H32N2O. The molecule has 0 saturated heterocycles. The van der Waals surface area contributed by atoms with E-state index in [9.17, 15) is 4.79 Å². The van der Waals surface area contributed by atoms with Crippen LogP contribution in [-0.4, -0.2) is 9.55 Å². The van der Waals surface area contributed by atoms with E-state index in [0.29, 0.717) is 0 Å². The topological polar surface area (TPSA) is 34.9 Å². The van der Waals surface area contributed by atoms with E-state index in [2.05, 4.69) is 31.0 Å². The number of aromatic nitrogens is 2. The van der Waals surface area contributed by atoms with Crippen molar-refractivity contribution in [1.82, 2.24) is 9.55 Å². The zero-order chi connectivity index (χ0) is 18.4. The third kappa shape index (κ3) is 4.44. The fourth-order valence-corrected chi connectivity index (χ4v) is 4.17. The lowest BCUT2D eigenvalue weighted by Gasteiger charge is -2.22. The van der Waals surface area contributed by atoms with Crippen LogP contribution in [0.2, 0.25) is 0 Å². The maximum atomic E-state index is 12.9. The summed E-state index contributed by atoms with van der Waals surface area (Å²) in [4.78, 5) is 17.4. The molecule has 0 saturated carbocycles. The summed E-state index contributed by atoms with van der Waals surface area (Å²) in [5.74, 6) is 0. The lowest BCUT2D eigenvalue weighted by Crippen LogP contribution is -2.30. The molecule has 140 valence electrons. The van der Waals surface area contributed by atoms with Crippen LogP contribution in [0.25, 0.3) is 11.3 Å². The van der Waals surface area contributed by atoms with E-state index in [1.807, 2.05) is 22.8 Å². The fourth-order valence-electron chi connectivity index (χ4n) is 4.17. The van der Waals surface area contributed by atoms with Gasteiger partial charge in [0.05, 0.1) is 5.69 Å². The molecule has 1 aromatic heterocycles. The minimum absolute atomic E-state index is 0.0929. The Hall–Kier alpha value is -1.90. The van der Waals surface area contributed by atoms with E-state index >= 15 is 0 Å². The van der Waals surface area contributed by atoms with E-state index in [1.165, 1.54) is 56.2 Å². The van der Waals surface area contributed by atoms with Crippen molar-refractivity contribution in [3.63, 3.8) is 0 Å². The van der Waals surface area contributed by atoms with Gasteiger partial charge >= 0.3 is 5.69 Å². The smallest absolute Gasteiger partial charge is 0.293 e. The van der Waals surface area contributed by atoms with Crippen LogP contribution in [-0.2, 0) is 12.8 Å². The molecule has 0 N–H and O–H groups in total. The largest absolute Gasteiger partial charge is 0.348 e.